The first-order valence-electron chi connectivity index (χ1n) is 7.33. The number of likely N-dealkylation sites (N-methyl/N-ethyl adjacent to an activating group) is 1. The molecule has 4 nitrogen and oxygen atoms in total. The molecular weight excluding hydrogens is 258 g/mol. The normalized spacial score (nSPS) is 19.4. The number of amides is 1. The van der Waals surface area contributed by atoms with E-state index in [1.165, 1.54) is 13.0 Å². The molecule has 0 bridgehead atoms. The molecule has 5 heteroatoms. The molecule has 0 aromatic carbocycles. The highest BCUT2D eigenvalue weighted by Crippen LogP contribution is 2.16. The van der Waals surface area contributed by atoms with Crippen molar-refractivity contribution in [2.45, 2.75) is 44.7 Å². The average molecular weight is 287 g/mol. The second kappa shape index (κ2) is 8.82. The van der Waals surface area contributed by atoms with E-state index in [2.05, 4.69) is 11.8 Å². The molecule has 1 atom stereocenters. The van der Waals surface area contributed by atoms with Gasteiger partial charge in [-0.2, -0.15) is 11.8 Å². The van der Waals surface area contributed by atoms with Crippen LogP contribution in [-0.4, -0.2) is 66.5 Å². The topological polar surface area (TPSA) is 49.6 Å². The minimum atomic E-state index is -0.328. The fourth-order valence-electron chi connectivity index (χ4n) is 2.66. The number of thioether (sulfide) groups is 1. The molecule has 112 valence electrons. The highest BCUT2D eigenvalue weighted by Gasteiger charge is 2.27. The van der Waals surface area contributed by atoms with Crippen molar-refractivity contribution in [3.63, 3.8) is 0 Å². The van der Waals surface area contributed by atoms with Gasteiger partial charge in [0.1, 0.15) is 0 Å². The predicted octanol–water partition coefficient (Wildman–Crippen LogP) is 1.40. The second-order valence-corrected chi connectivity index (χ2v) is 6.40. The third-order valence-corrected chi connectivity index (χ3v) is 4.59. The van der Waals surface area contributed by atoms with Gasteiger partial charge in [0, 0.05) is 26.2 Å². The molecule has 1 aliphatic rings. The van der Waals surface area contributed by atoms with Crippen molar-refractivity contribution in [3.05, 3.63) is 0 Å². The number of carbonyl (C=O) groups excluding carboxylic acids is 1. The van der Waals surface area contributed by atoms with Gasteiger partial charge in [0.15, 0.2) is 0 Å². The van der Waals surface area contributed by atoms with E-state index in [1.54, 1.807) is 11.8 Å². The summed E-state index contributed by atoms with van der Waals surface area (Å²) in [5.74, 6) is 1.07. The average Bonchev–Trinajstić information content (AvgIpc) is 2.44. The molecule has 0 spiro atoms. The van der Waals surface area contributed by atoms with E-state index in [9.17, 15) is 4.79 Å². The SMILES string of the molecule is CCCN1CCC(N(C)C(=O)[C@H](N)CCSC)CC1. The largest absolute Gasteiger partial charge is 0.341 e. The van der Waals surface area contributed by atoms with E-state index in [0.29, 0.717) is 6.04 Å². The predicted molar refractivity (Wildman–Crippen MR) is 83.5 cm³/mol. The smallest absolute Gasteiger partial charge is 0.239 e. The number of nitrogens with two attached hydrogens (primary N) is 1. The lowest BCUT2D eigenvalue weighted by atomic mass is 10.0. The number of carbonyl (C=O) groups is 1. The summed E-state index contributed by atoms with van der Waals surface area (Å²) in [5, 5.41) is 0. The minimum absolute atomic E-state index is 0.114. The number of piperidine rings is 1. The quantitative estimate of drug-likeness (QED) is 0.769. The molecule has 0 aromatic heterocycles. The van der Waals surface area contributed by atoms with E-state index in [4.69, 9.17) is 5.73 Å². The van der Waals surface area contributed by atoms with Crippen LogP contribution in [0.5, 0.6) is 0 Å². The summed E-state index contributed by atoms with van der Waals surface area (Å²) in [7, 11) is 1.92. The van der Waals surface area contributed by atoms with Gasteiger partial charge >= 0.3 is 0 Å². The highest BCUT2D eigenvalue weighted by atomic mass is 32.2. The second-order valence-electron chi connectivity index (χ2n) is 5.41. The van der Waals surface area contributed by atoms with Crippen LogP contribution in [0.25, 0.3) is 0 Å². The van der Waals surface area contributed by atoms with Crippen molar-refractivity contribution in [1.82, 2.24) is 9.80 Å². The molecule has 1 rings (SSSR count). The molecule has 0 aromatic rings. The Kier molecular flexibility index (Phi) is 7.80. The van der Waals surface area contributed by atoms with Crippen LogP contribution in [0.2, 0.25) is 0 Å². The van der Waals surface area contributed by atoms with Crippen LogP contribution in [0.3, 0.4) is 0 Å². The molecule has 19 heavy (non-hydrogen) atoms. The summed E-state index contributed by atoms with van der Waals surface area (Å²) in [6, 6.07) is 0.0482. The van der Waals surface area contributed by atoms with Gasteiger partial charge in [-0.1, -0.05) is 6.92 Å². The molecule has 1 amide bonds. The Morgan fingerprint density at radius 2 is 2.11 bits per heavy atom. The zero-order chi connectivity index (χ0) is 14.3. The Morgan fingerprint density at radius 3 is 2.63 bits per heavy atom. The summed E-state index contributed by atoms with van der Waals surface area (Å²) in [6.07, 6.45) is 6.19. The molecule has 0 radical (unpaired) electrons. The summed E-state index contributed by atoms with van der Waals surface area (Å²) in [4.78, 5) is 16.6. The number of likely N-dealkylation sites (tertiary alicyclic amines) is 1. The summed E-state index contributed by atoms with van der Waals surface area (Å²) < 4.78 is 0. The van der Waals surface area contributed by atoms with Gasteiger partial charge < -0.3 is 15.5 Å². The van der Waals surface area contributed by atoms with Crippen LogP contribution < -0.4 is 5.73 Å². The Balaban J connectivity index is 2.37. The van der Waals surface area contributed by atoms with Gasteiger partial charge in [-0.25, -0.2) is 0 Å². The maximum atomic E-state index is 12.2. The monoisotopic (exact) mass is 287 g/mol. The van der Waals surface area contributed by atoms with Gasteiger partial charge in [-0.3, -0.25) is 4.79 Å². The standard InChI is InChI=1S/C14H29N3OS/c1-4-8-17-9-5-12(6-10-17)16(2)14(18)13(15)7-11-19-3/h12-13H,4-11,15H2,1-3H3/t13-/m1/s1. The van der Waals surface area contributed by atoms with Gasteiger partial charge in [-0.15, -0.1) is 0 Å². The first-order valence-corrected chi connectivity index (χ1v) is 8.73. The molecule has 1 heterocycles. The lowest BCUT2D eigenvalue weighted by molar-refractivity contribution is -0.134. The summed E-state index contributed by atoms with van der Waals surface area (Å²) in [6.45, 7) is 5.61. The Labute approximate surface area is 122 Å². The van der Waals surface area contributed by atoms with Crippen LogP contribution >= 0.6 is 11.8 Å². The maximum Gasteiger partial charge on any atom is 0.239 e. The zero-order valence-electron chi connectivity index (χ0n) is 12.6. The fourth-order valence-corrected chi connectivity index (χ4v) is 3.15. The molecular formula is C14H29N3OS. The van der Waals surface area contributed by atoms with E-state index < -0.39 is 0 Å². The minimum Gasteiger partial charge on any atom is -0.341 e. The molecule has 0 saturated carbocycles. The summed E-state index contributed by atoms with van der Waals surface area (Å²) in [5.41, 5.74) is 5.97. The Hall–Kier alpha value is -0.260. The van der Waals surface area contributed by atoms with Crippen LogP contribution in [-0.2, 0) is 4.79 Å². The molecule has 0 aliphatic carbocycles. The Morgan fingerprint density at radius 1 is 1.47 bits per heavy atom. The zero-order valence-corrected chi connectivity index (χ0v) is 13.4. The van der Waals surface area contributed by atoms with Gasteiger partial charge in [0.25, 0.3) is 0 Å². The number of hydrogen-bond acceptors (Lipinski definition) is 4. The van der Waals surface area contributed by atoms with Crippen LogP contribution in [0, 0.1) is 0 Å². The van der Waals surface area contributed by atoms with E-state index in [-0.39, 0.29) is 11.9 Å². The van der Waals surface area contributed by atoms with E-state index >= 15 is 0 Å². The molecule has 0 unspecified atom stereocenters. The van der Waals surface area contributed by atoms with Crippen LogP contribution in [0.4, 0.5) is 0 Å². The van der Waals surface area contributed by atoms with Crippen molar-refractivity contribution in [2.75, 3.05) is 38.7 Å². The lowest BCUT2D eigenvalue weighted by Crippen LogP contribution is -2.50. The fraction of sp³-hybridized carbons (Fsp3) is 0.929. The van der Waals surface area contributed by atoms with Crippen molar-refractivity contribution in [1.29, 1.82) is 0 Å². The molecule has 2 N–H and O–H groups in total. The summed E-state index contributed by atoms with van der Waals surface area (Å²) >= 11 is 1.74. The van der Waals surface area contributed by atoms with Crippen molar-refractivity contribution in [2.24, 2.45) is 5.73 Å². The Bertz CT molecular complexity index is 267. The first kappa shape index (κ1) is 16.8. The van der Waals surface area contributed by atoms with Gasteiger partial charge in [-0.05, 0) is 44.2 Å². The highest BCUT2D eigenvalue weighted by molar-refractivity contribution is 7.98. The number of hydrogen-bond donors (Lipinski definition) is 1. The van der Waals surface area contributed by atoms with E-state index in [1.807, 2.05) is 18.2 Å². The number of nitrogens with zero attached hydrogens (tertiary/aromatic N) is 2. The van der Waals surface area contributed by atoms with Crippen molar-refractivity contribution < 1.29 is 4.79 Å². The van der Waals surface area contributed by atoms with Crippen molar-refractivity contribution >= 4 is 17.7 Å². The first-order chi connectivity index (χ1) is 9.10. The molecule has 1 aliphatic heterocycles. The van der Waals surface area contributed by atoms with Gasteiger partial charge in [0.05, 0.1) is 6.04 Å². The van der Waals surface area contributed by atoms with Gasteiger partial charge in [0.2, 0.25) is 5.91 Å². The van der Waals surface area contributed by atoms with Crippen molar-refractivity contribution in [3.8, 4) is 0 Å². The third kappa shape index (κ3) is 5.32. The van der Waals surface area contributed by atoms with Crippen LogP contribution in [0.15, 0.2) is 0 Å². The lowest BCUT2D eigenvalue weighted by Gasteiger charge is -2.37. The molecule has 1 fully saturated rings. The maximum absolute atomic E-state index is 12.2. The van der Waals surface area contributed by atoms with E-state index in [0.717, 1.165) is 38.1 Å². The van der Waals surface area contributed by atoms with Crippen LogP contribution in [0.1, 0.15) is 32.6 Å². The third-order valence-electron chi connectivity index (χ3n) is 3.94. The number of rotatable bonds is 7. The molecule has 1 saturated heterocycles.